The summed E-state index contributed by atoms with van der Waals surface area (Å²) < 4.78 is 26.0. The molecule has 1 saturated carbocycles. The number of hydrogen-bond acceptors (Lipinski definition) is 3. The van der Waals surface area contributed by atoms with Crippen molar-refractivity contribution in [3.05, 3.63) is 23.5 Å². The second-order valence-corrected chi connectivity index (χ2v) is 3.20. The minimum absolute atomic E-state index is 0.297. The van der Waals surface area contributed by atoms with Gasteiger partial charge in [-0.15, -0.1) is 0 Å². The van der Waals surface area contributed by atoms with E-state index in [0.717, 1.165) is 0 Å². The lowest BCUT2D eigenvalue weighted by atomic mass is 9.86. The number of halogens is 2. The zero-order chi connectivity index (χ0) is 11.6. The van der Waals surface area contributed by atoms with E-state index in [-0.39, 0.29) is 0 Å². The number of carbonyl (C=O) groups excluding carboxylic acids is 1. The van der Waals surface area contributed by atoms with Crippen molar-refractivity contribution in [3.8, 4) is 0 Å². The van der Waals surface area contributed by atoms with Crippen molar-refractivity contribution in [1.82, 2.24) is 0 Å². The van der Waals surface area contributed by atoms with Gasteiger partial charge in [-0.1, -0.05) is 0 Å². The van der Waals surface area contributed by atoms with Gasteiger partial charge in [-0.3, -0.25) is 4.79 Å². The second kappa shape index (κ2) is 3.80. The molecule has 1 rings (SSSR count). The highest BCUT2D eigenvalue weighted by Crippen LogP contribution is 2.37. The molecular formula is C9H8F2O4. The van der Waals surface area contributed by atoms with Gasteiger partial charge in [0.15, 0.2) is 5.78 Å². The zero-order valence-electron chi connectivity index (χ0n) is 7.54. The number of carbonyl (C=O) groups is 2. The summed E-state index contributed by atoms with van der Waals surface area (Å²) in [5.74, 6) is -5.50. The summed E-state index contributed by atoms with van der Waals surface area (Å²) in [4.78, 5) is 21.6. The fraction of sp³-hybridized carbons (Fsp3) is 0.333. The molecule has 0 radical (unpaired) electrons. The van der Waals surface area contributed by atoms with Crippen molar-refractivity contribution in [2.24, 2.45) is 0 Å². The molecule has 1 fully saturated rings. The number of carboxylic acid groups (broad SMARTS) is 1. The zero-order valence-corrected chi connectivity index (χ0v) is 7.54. The molecule has 0 aliphatic heterocycles. The van der Waals surface area contributed by atoms with E-state index in [0.29, 0.717) is 12.3 Å². The second-order valence-electron chi connectivity index (χ2n) is 3.20. The van der Waals surface area contributed by atoms with Crippen molar-refractivity contribution in [1.29, 1.82) is 0 Å². The summed E-state index contributed by atoms with van der Waals surface area (Å²) in [7, 11) is 0. The highest BCUT2D eigenvalue weighted by molar-refractivity contribution is 6.11. The maximum Gasteiger partial charge on any atom is 0.328 e. The number of rotatable bonds is 1. The minimum atomic E-state index is -3.19. The topological polar surface area (TPSA) is 74.6 Å². The first kappa shape index (κ1) is 11.4. The maximum absolute atomic E-state index is 13.0. The minimum Gasteiger partial charge on any atom is -0.515 e. The Morgan fingerprint density at radius 3 is 2.33 bits per heavy atom. The smallest absolute Gasteiger partial charge is 0.328 e. The van der Waals surface area contributed by atoms with E-state index >= 15 is 0 Å². The molecule has 1 aliphatic rings. The monoisotopic (exact) mass is 218 g/mol. The van der Waals surface area contributed by atoms with E-state index in [9.17, 15) is 18.4 Å². The van der Waals surface area contributed by atoms with Gasteiger partial charge >= 0.3 is 5.97 Å². The third-order valence-electron chi connectivity index (χ3n) is 1.94. The summed E-state index contributed by atoms with van der Waals surface area (Å²) in [5, 5.41) is 16.9. The van der Waals surface area contributed by atoms with Crippen LogP contribution >= 0.6 is 0 Å². The number of Topliss-reactive ketones (excluding diaryl/α,β-unsaturated/α-hetero) is 1. The van der Waals surface area contributed by atoms with Gasteiger partial charge in [0.25, 0.3) is 5.92 Å². The summed E-state index contributed by atoms with van der Waals surface area (Å²) >= 11 is 0. The van der Waals surface area contributed by atoms with E-state index < -0.39 is 41.7 Å². The number of ketones is 1. The summed E-state index contributed by atoms with van der Waals surface area (Å²) in [6, 6.07) is 0. The van der Waals surface area contributed by atoms with Crippen LogP contribution in [0.3, 0.4) is 0 Å². The van der Waals surface area contributed by atoms with Gasteiger partial charge in [0.1, 0.15) is 0 Å². The molecule has 0 heterocycles. The van der Waals surface area contributed by atoms with Crippen molar-refractivity contribution in [2.75, 3.05) is 0 Å². The molecule has 82 valence electrons. The van der Waals surface area contributed by atoms with Gasteiger partial charge in [-0.05, 0) is 0 Å². The lowest BCUT2D eigenvalue weighted by Crippen LogP contribution is -2.29. The Morgan fingerprint density at radius 2 is 1.87 bits per heavy atom. The molecule has 2 N–H and O–H groups in total. The molecule has 0 aromatic rings. The first-order valence-electron chi connectivity index (χ1n) is 4.05. The molecule has 0 aromatic carbocycles. The van der Waals surface area contributed by atoms with Gasteiger partial charge in [0.05, 0.1) is 6.26 Å². The quantitative estimate of drug-likeness (QED) is 0.515. The van der Waals surface area contributed by atoms with Gasteiger partial charge in [0, 0.05) is 30.1 Å². The Hall–Kier alpha value is -1.72. The lowest BCUT2D eigenvalue weighted by Gasteiger charge is -2.24. The fourth-order valence-corrected chi connectivity index (χ4v) is 1.36. The molecule has 0 saturated heterocycles. The van der Waals surface area contributed by atoms with Crippen LogP contribution in [0.5, 0.6) is 0 Å². The standard InChI is InChI=1S/C9H8F2O4/c10-9(11)2-5(1-7(13)14)8(15)6(3-9)4-12/h1,4,12H,2-3H2,(H,13,14)/b5-1+,6-4-. The van der Waals surface area contributed by atoms with Gasteiger partial charge in [0.2, 0.25) is 0 Å². The summed E-state index contributed by atoms with van der Waals surface area (Å²) in [5.41, 5.74) is -0.974. The van der Waals surface area contributed by atoms with Crippen LogP contribution in [-0.2, 0) is 9.59 Å². The molecule has 0 bridgehead atoms. The lowest BCUT2D eigenvalue weighted by molar-refractivity contribution is -0.132. The van der Waals surface area contributed by atoms with Crippen LogP contribution in [0, 0.1) is 0 Å². The number of aliphatic carboxylic acids is 1. The molecule has 4 nitrogen and oxygen atoms in total. The first-order chi connectivity index (χ1) is 6.85. The number of allylic oxidation sites excluding steroid dienone is 2. The number of aliphatic hydroxyl groups is 1. The van der Waals surface area contributed by atoms with Crippen LogP contribution in [0.4, 0.5) is 8.78 Å². The van der Waals surface area contributed by atoms with Crippen molar-refractivity contribution in [2.45, 2.75) is 18.8 Å². The van der Waals surface area contributed by atoms with Crippen molar-refractivity contribution < 1.29 is 28.6 Å². The SMILES string of the molecule is O=C(O)/C=C1\CC(F)(F)C/C(=C/O)C1=O. The number of hydrogen-bond donors (Lipinski definition) is 2. The third-order valence-corrected chi connectivity index (χ3v) is 1.94. The molecule has 1 aliphatic carbocycles. The highest BCUT2D eigenvalue weighted by Gasteiger charge is 2.40. The number of alkyl halides is 2. The van der Waals surface area contributed by atoms with E-state index in [1.54, 1.807) is 0 Å². The molecule has 0 spiro atoms. The van der Waals surface area contributed by atoms with E-state index in [2.05, 4.69) is 0 Å². The van der Waals surface area contributed by atoms with Crippen LogP contribution in [0.1, 0.15) is 12.8 Å². The molecule has 0 aromatic heterocycles. The predicted octanol–water partition coefficient (Wildman–Crippen LogP) is 1.44. The van der Waals surface area contributed by atoms with Crippen LogP contribution in [0.25, 0.3) is 0 Å². The Bertz CT molecular complexity index is 368. The largest absolute Gasteiger partial charge is 0.515 e. The third kappa shape index (κ3) is 2.61. The van der Waals surface area contributed by atoms with Crippen LogP contribution < -0.4 is 0 Å². The average Bonchev–Trinajstić information content (AvgIpc) is 2.09. The molecule has 0 amide bonds. The number of aliphatic hydroxyl groups excluding tert-OH is 1. The Morgan fingerprint density at radius 1 is 1.33 bits per heavy atom. The van der Waals surface area contributed by atoms with E-state index in [4.69, 9.17) is 10.2 Å². The molecule has 0 atom stereocenters. The van der Waals surface area contributed by atoms with Crippen molar-refractivity contribution >= 4 is 11.8 Å². The molecular weight excluding hydrogens is 210 g/mol. The molecule has 6 heteroatoms. The summed E-state index contributed by atoms with van der Waals surface area (Å²) in [6.45, 7) is 0. The van der Waals surface area contributed by atoms with Gasteiger partial charge in [-0.25, -0.2) is 13.6 Å². The normalized spacial score (nSPS) is 25.9. The maximum atomic E-state index is 13.0. The number of carboxylic acids is 1. The van der Waals surface area contributed by atoms with E-state index in [1.165, 1.54) is 0 Å². The van der Waals surface area contributed by atoms with Gasteiger partial charge in [-0.2, -0.15) is 0 Å². The van der Waals surface area contributed by atoms with Crippen LogP contribution in [-0.4, -0.2) is 27.9 Å². The van der Waals surface area contributed by atoms with E-state index in [1.807, 2.05) is 0 Å². The highest BCUT2D eigenvalue weighted by atomic mass is 19.3. The predicted molar refractivity (Wildman–Crippen MR) is 45.6 cm³/mol. The van der Waals surface area contributed by atoms with Crippen molar-refractivity contribution in [3.63, 3.8) is 0 Å². The van der Waals surface area contributed by atoms with Gasteiger partial charge < -0.3 is 10.2 Å². The van der Waals surface area contributed by atoms with Crippen LogP contribution in [0.2, 0.25) is 0 Å². The Labute approximate surface area is 83.5 Å². The summed E-state index contributed by atoms with van der Waals surface area (Å²) in [6.07, 6.45) is -1.03. The first-order valence-corrected chi connectivity index (χ1v) is 4.05. The molecule has 0 unspecified atom stereocenters. The fourth-order valence-electron chi connectivity index (χ4n) is 1.36. The van der Waals surface area contributed by atoms with Crippen LogP contribution in [0.15, 0.2) is 23.5 Å². The Balaban J connectivity index is 3.08. The molecule has 15 heavy (non-hydrogen) atoms. The average molecular weight is 218 g/mol. The Kier molecular flexibility index (Phi) is 2.88.